The van der Waals surface area contributed by atoms with Crippen LogP contribution < -0.4 is 5.32 Å². The Bertz CT molecular complexity index is 325. The smallest absolute Gasteiger partial charge is 0.235 e. The summed E-state index contributed by atoms with van der Waals surface area (Å²) in [7, 11) is 0. The van der Waals surface area contributed by atoms with E-state index in [4.69, 9.17) is 0 Å². The summed E-state index contributed by atoms with van der Waals surface area (Å²) in [5.74, 6) is -0.0406. The number of amides is 1. The number of carbonyl (C=O) groups excluding carboxylic acids is 1. The van der Waals surface area contributed by atoms with Crippen molar-refractivity contribution in [1.29, 1.82) is 0 Å². The Balaban J connectivity index is 2.89. The minimum absolute atomic E-state index is 0.0406. The number of alkyl halides is 1. The molecule has 0 aromatic heterocycles. The molecule has 1 rings (SSSR count). The molecule has 4 heteroatoms. The van der Waals surface area contributed by atoms with Crippen molar-refractivity contribution in [3.8, 4) is 0 Å². The topological polar surface area (TPSA) is 29.1 Å². The molecular formula is C9H9Br2NO. The molecule has 0 fully saturated rings. The predicted molar refractivity (Wildman–Crippen MR) is 61.3 cm³/mol. The van der Waals surface area contributed by atoms with Crippen LogP contribution in [0.4, 0.5) is 5.69 Å². The lowest BCUT2D eigenvalue weighted by Gasteiger charge is -2.07. The minimum atomic E-state index is -0.0406. The third-order valence-electron chi connectivity index (χ3n) is 1.66. The second-order valence-corrected chi connectivity index (χ2v) is 4.01. The summed E-state index contributed by atoms with van der Waals surface area (Å²) >= 11 is 6.49. The van der Waals surface area contributed by atoms with E-state index in [0.717, 1.165) is 15.7 Å². The average molecular weight is 307 g/mol. The lowest BCUT2D eigenvalue weighted by atomic mass is 10.2. The maximum absolute atomic E-state index is 11.1. The number of anilines is 1. The van der Waals surface area contributed by atoms with Gasteiger partial charge < -0.3 is 5.32 Å². The highest BCUT2D eigenvalue weighted by atomic mass is 79.9. The fourth-order valence-corrected chi connectivity index (χ4v) is 1.43. The number of hydrogen-bond donors (Lipinski definition) is 1. The summed E-state index contributed by atoms with van der Waals surface area (Å²) < 4.78 is 1.000. The van der Waals surface area contributed by atoms with Crippen LogP contribution in [-0.4, -0.2) is 11.2 Å². The van der Waals surface area contributed by atoms with Crippen molar-refractivity contribution in [3.63, 3.8) is 0 Å². The van der Waals surface area contributed by atoms with Crippen molar-refractivity contribution < 1.29 is 4.79 Å². The Morgan fingerprint density at radius 2 is 2.23 bits per heavy atom. The molecule has 70 valence electrons. The van der Waals surface area contributed by atoms with Crippen molar-refractivity contribution in [3.05, 3.63) is 28.2 Å². The lowest BCUT2D eigenvalue weighted by molar-refractivity contribution is -0.113. The summed E-state index contributed by atoms with van der Waals surface area (Å²) in [5.41, 5.74) is 1.88. The van der Waals surface area contributed by atoms with E-state index in [1.807, 2.05) is 25.1 Å². The van der Waals surface area contributed by atoms with E-state index in [0.29, 0.717) is 5.33 Å². The third kappa shape index (κ3) is 2.81. The molecule has 1 aromatic carbocycles. The zero-order valence-corrected chi connectivity index (χ0v) is 10.3. The van der Waals surface area contributed by atoms with Gasteiger partial charge in [0, 0.05) is 10.2 Å². The van der Waals surface area contributed by atoms with Crippen LogP contribution in [0.2, 0.25) is 0 Å². The van der Waals surface area contributed by atoms with Gasteiger partial charge in [-0.2, -0.15) is 0 Å². The van der Waals surface area contributed by atoms with Crippen LogP contribution in [0.1, 0.15) is 5.56 Å². The first kappa shape index (κ1) is 10.7. The van der Waals surface area contributed by atoms with Gasteiger partial charge in [-0.3, -0.25) is 4.79 Å². The van der Waals surface area contributed by atoms with Gasteiger partial charge in [0.05, 0.1) is 5.33 Å². The molecule has 0 spiro atoms. The van der Waals surface area contributed by atoms with Gasteiger partial charge in [0.1, 0.15) is 0 Å². The van der Waals surface area contributed by atoms with E-state index in [2.05, 4.69) is 37.2 Å². The highest BCUT2D eigenvalue weighted by Crippen LogP contribution is 2.23. The Kier molecular flexibility index (Phi) is 3.93. The maximum Gasteiger partial charge on any atom is 0.235 e. The van der Waals surface area contributed by atoms with E-state index in [-0.39, 0.29) is 5.91 Å². The van der Waals surface area contributed by atoms with Crippen LogP contribution in [0.15, 0.2) is 22.7 Å². The fraction of sp³-hybridized carbons (Fsp3) is 0.222. The van der Waals surface area contributed by atoms with E-state index >= 15 is 0 Å². The van der Waals surface area contributed by atoms with Gasteiger partial charge in [-0.15, -0.1) is 0 Å². The van der Waals surface area contributed by atoms with E-state index in [1.165, 1.54) is 0 Å². The Morgan fingerprint density at radius 3 is 2.85 bits per heavy atom. The van der Waals surface area contributed by atoms with Crippen LogP contribution in [0.25, 0.3) is 0 Å². The normalized spacial score (nSPS) is 9.77. The molecule has 0 aliphatic heterocycles. The van der Waals surface area contributed by atoms with E-state index < -0.39 is 0 Å². The SMILES string of the molecule is Cc1c(Br)cccc1NC(=O)CBr. The fourth-order valence-electron chi connectivity index (χ4n) is 0.926. The molecule has 1 aromatic rings. The molecule has 0 saturated carbocycles. The molecule has 1 N–H and O–H groups in total. The summed E-state index contributed by atoms with van der Waals surface area (Å²) in [6.07, 6.45) is 0. The van der Waals surface area contributed by atoms with E-state index in [1.54, 1.807) is 0 Å². The van der Waals surface area contributed by atoms with Crippen molar-refractivity contribution in [2.24, 2.45) is 0 Å². The summed E-state index contributed by atoms with van der Waals surface area (Å²) in [5, 5.41) is 3.10. The number of carbonyl (C=O) groups is 1. The molecule has 0 aliphatic rings. The molecule has 0 radical (unpaired) electrons. The average Bonchev–Trinajstić information content (AvgIpc) is 2.13. The third-order valence-corrected chi connectivity index (χ3v) is 3.03. The minimum Gasteiger partial charge on any atom is -0.325 e. The van der Waals surface area contributed by atoms with Crippen molar-refractivity contribution >= 4 is 43.5 Å². The monoisotopic (exact) mass is 305 g/mol. The summed E-state index contributed by atoms with van der Waals surface area (Å²) in [4.78, 5) is 11.1. The Hall–Kier alpha value is -0.350. The number of benzene rings is 1. The van der Waals surface area contributed by atoms with Gasteiger partial charge in [-0.05, 0) is 24.6 Å². The van der Waals surface area contributed by atoms with Crippen LogP contribution >= 0.6 is 31.9 Å². The van der Waals surface area contributed by atoms with Gasteiger partial charge in [0.15, 0.2) is 0 Å². The highest BCUT2D eigenvalue weighted by molar-refractivity contribution is 9.10. The predicted octanol–water partition coefficient (Wildman–Crippen LogP) is 3.09. The van der Waals surface area contributed by atoms with Crippen LogP contribution in [-0.2, 0) is 4.79 Å². The molecule has 0 heterocycles. The molecule has 0 atom stereocenters. The lowest BCUT2D eigenvalue weighted by Crippen LogP contribution is -2.13. The number of nitrogens with one attached hydrogen (secondary N) is 1. The number of halogens is 2. The van der Waals surface area contributed by atoms with Gasteiger partial charge in [0.25, 0.3) is 0 Å². The molecule has 1 amide bonds. The zero-order valence-electron chi connectivity index (χ0n) is 7.10. The highest BCUT2D eigenvalue weighted by Gasteiger charge is 2.04. The summed E-state index contributed by atoms with van der Waals surface area (Å²) in [6.45, 7) is 1.95. The Morgan fingerprint density at radius 1 is 1.54 bits per heavy atom. The van der Waals surface area contributed by atoms with Gasteiger partial charge in [-0.25, -0.2) is 0 Å². The first-order valence-corrected chi connectivity index (χ1v) is 5.67. The molecule has 13 heavy (non-hydrogen) atoms. The largest absolute Gasteiger partial charge is 0.325 e. The first-order valence-electron chi connectivity index (χ1n) is 3.76. The van der Waals surface area contributed by atoms with E-state index in [9.17, 15) is 4.79 Å². The second-order valence-electron chi connectivity index (χ2n) is 2.59. The summed E-state index contributed by atoms with van der Waals surface area (Å²) in [6, 6.07) is 5.71. The van der Waals surface area contributed by atoms with Gasteiger partial charge in [-0.1, -0.05) is 37.9 Å². The van der Waals surface area contributed by atoms with Crippen molar-refractivity contribution in [2.45, 2.75) is 6.92 Å². The molecule has 2 nitrogen and oxygen atoms in total. The molecular weight excluding hydrogens is 298 g/mol. The van der Waals surface area contributed by atoms with Crippen molar-refractivity contribution in [2.75, 3.05) is 10.6 Å². The molecule has 0 saturated heterocycles. The first-order chi connectivity index (χ1) is 6.15. The standard InChI is InChI=1S/C9H9Br2NO/c1-6-7(11)3-2-4-8(6)12-9(13)5-10/h2-4H,5H2,1H3,(H,12,13). The van der Waals surface area contributed by atoms with Crippen LogP contribution in [0.3, 0.4) is 0 Å². The number of rotatable bonds is 2. The number of hydrogen-bond acceptors (Lipinski definition) is 1. The molecule has 0 unspecified atom stereocenters. The van der Waals surface area contributed by atoms with Gasteiger partial charge >= 0.3 is 0 Å². The zero-order chi connectivity index (χ0) is 9.84. The molecule has 0 aliphatic carbocycles. The van der Waals surface area contributed by atoms with Gasteiger partial charge in [0.2, 0.25) is 5.91 Å². The Labute approximate surface area is 94.0 Å². The van der Waals surface area contributed by atoms with Crippen molar-refractivity contribution in [1.82, 2.24) is 0 Å². The van der Waals surface area contributed by atoms with Crippen LogP contribution in [0, 0.1) is 6.92 Å². The quantitative estimate of drug-likeness (QED) is 0.836. The second kappa shape index (κ2) is 4.77. The maximum atomic E-state index is 11.1. The van der Waals surface area contributed by atoms with Crippen LogP contribution in [0.5, 0.6) is 0 Å². The molecule has 0 bridgehead atoms.